The fraction of sp³-hybridized carbons (Fsp3) is 0.0625. The smallest absolute Gasteiger partial charge is 0.137 e. The Labute approximate surface area is 116 Å². The number of halogens is 1. The number of rotatable bonds is 2. The third-order valence-electron chi connectivity index (χ3n) is 3.18. The van der Waals surface area contributed by atoms with Gasteiger partial charge in [-0.2, -0.15) is 0 Å². The van der Waals surface area contributed by atoms with Crippen LogP contribution < -0.4 is 5.73 Å². The minimum absolute atomic E-state index is 0.527. The topological polar surface area (TPSA) is 38.9 Å². The van der Waals surface area contributed by atoms with Gasteiger partial charge in [-0.3, -0.25) is 0 Å². The van der Waals surface area contributed by atoms with Crippen molar-refractivity contribution < 1.29 is 0 Å². The molecule has 2 nitrogen and oxygen atoms in total. The van der Waals surface area contributed by atoms with E-state index in [1.54, 1.807) is 0 Å². The first kappa shape index (κ1) is 12.2. The van der Waals surface area contributed by atoms with Gasteiger partial charge in [-0.25, -0.2) is 4.98 Å². The highest BCUT2D eigenvalue weighted by atomic mass is 35.5. The van der Waals surface area contributed by atoms with E-state index in [0.717, 1.165) is 27.6 Å². The normalized spacial score (nSPS) is 10.8. The van der Waals surface area contributed by atoms with Crippen molar-refractivity contribution in [2.75, 3.05) is 0 Å². The molecule has 0 radical (unpaired) electrons. The third-order valence-corrected chi connectivity index (χ3v) is 3.47. The van der Waals surface area contributed by atoms with E-state index < -0.39 is 0 Å². The van der Waals surface area contributed by atoms with Crippen molar-refractivity contribution in [1.82, 2.24) is 4.98 Å². The summed E-state index contributed by atoms with van der Waals surface area (Å²) in [4.78, 5) is 4.44. The minimum atomic E-state index is 0.527. The molecule has 0 bridgehead atoms. The molecular weight excluding hydrogens is 256 g/mol. The van der Waals surface area contributed by atoms with E-state index >= 15 is 0 Å². The molecule has 0 aliphatic heterocycles. The average Bonchev–Trinajstić information content (AvgIpc) is 2.47. The van der Waals surface area contributed by atoms with Crippen molar-refractivity contribution in [1.29, 1.82) is 0 Å². The molecule has 0 fully saturated rings. The molecule has 2 aromatic carbocycles. The average molecular weight is 269 g/mol. The Morgan fingerprint density at radius 3 is 2.47 bits per heavy atom. The predicted octanol–water partition coefficient (Wildman–Crippen LogP) is 4.01. The SMILES string of the molecule is NCc1ccc(-c2cc3ccccc3nc2Cl)cc1. The van der Waals surface area contributed by atoms with Crippen molar-refractivity contribution >= 4 is 22.5 Å². The van der Waals surface area contributed by atoms with Crippen molar-refractivity contribution in [2.45, 2.75) is 6.54 Å². The first-order valence-corrected chi connectivity index (χ1v) is 6.50. The number of para-hydroxylation sites is 1. The van der Waals surface area contributed by atoms with Crippen molar-refractivity contribution in [3.8, 4) is 11.1 Å². The number of hydrogen-bond donors (Lipinski definition) is 1. The Balaban J connectivity index is 2.15. The van der Waals surface area contributed by atoms with E-state index in [4.69, 9.17) is 17.3 Å². The van der Waals surface area contributed by atoms with E-state index in [1.165, 1.54) is 0 Å². The Hall–Kier alpha value is -1.90. The van der Waals surface area contributed by atoms with Gasteiger partial charge in [0.05, 0.1) is 5.52 Å². The van der Waals surface area contributed by atoms with E-state index in [2.05, 4.69) is 11.1 Å². The summed E-state index contributed by atoms with van der Waals surface area (Å²) in [6.45, 7) is 0.546. The van der Waals surface area contributed by atoms with Gasteiger partial charge in [0, 0.05) is 17.5 Å². The fourth-order valence-electron chi connectivity index (χ4n) is 2.12. The molecule has 0 aliphatic rings. The first-order valence-electron chi connectivity index (χ1n) is 6.12. The van der Waals surface area contributed by atoms with Crippen LogP contribution in [-0.4, -0.2) is 4.98 Å². The molecule has 0 spiro atoms. The molecule has 0 aliphatic carbocycles. The van der Waals surface area contributed by atoms with Crippen LogP contribution in [0.25, 0.3) is 22.0 Å². The molecule has 94 valence electrons. The molecule has 2 N–H and O–H groups in total. The van der Waals surface area contributed by atoms with Gasteiger partial charge in [-0.1, -0.05) is 54.1 Å². The summed E-state index contributed by atoms with van der Waals surface area (Å²) in [5.41, 5.74) is 9.63. The summed E-state index contributed by atoms with van der Waals surface area (Å²) in [6, 6.07) is 18.1. The van der Waals surface area contributed by atoms with Crippen LogP contribution in [0.4, 0.5) is 0 Å². The number of pyridine rings is 1. The molecule has 0 unspecified atom stereocenters. The summed E-state index contributed by atoms with van der Waals surface area (Å²) < 4.78 is 0. The fourth-order valence-corrected chi connectivity index (χ4v) is 2.37. The van der Waals surface area contributed by atoms with Crippen LogP contribution in [0.15, 0.2) is 54.6 Å². The Kier molecular flexibility index (Phi) is 3.20. The van der Waals surface area contributed by atoms with Crippen LogP contribution >= 0.6 is 11.6 Å². The number of nitrogens with zero attached hydrogens (tertiary/aromatic N) is 1. The zero-order valence-electron chi connectivity index (χ0n) is 10.3. The van der Waals surface area contributed by atoms with Gasteiger partial charge < -0.3 is 5.73 Å². The largest absolute Gasteiger partial charge is 0.326 e. The summed E-state index contributed by atoms with van der Waals surface area (Å²) in [5.74, 6) is 0. The molecule has 0 saturated heterocycles. The van der Waals surface area contributed by atoms with Gasteiger partial charge in [-0.05, 0) is 23.3 Å². The van der Waals surface area contributed by atoms with Gasteiger partial charge in [0.2, 0.25) is 0 Å². The lowest BCUT2D eigenvalue weighted by Crippen LogP contribution is -1.95. The van der Waals surface area contributed by atoms with Gasteiger partial charge in [-0.15, -0.1) is 0 Å². The summed E-state index contributed by atoms with van der Waals surface area (Å²) in [5, 5.41) is 1.61. The highest BCUT2D eigenvalue weighted by Crippen LogP contribution is 2.29. The highest BCUT2D eigenvalue weighted by Gasteiger charge is 2.07. The maximum atomic E-state index is 6.28. The summed E-state index contributed by atoms with van der Waals surface area (Å²) in [6.07, 6.45) is 0. The summed E-state index contributed by atoms with van der Waals surface area (Å²) >= 11 is 6.28. The predicted molar refractivity (Wildman–Crippen MR) is 80.1 cm³/mol. The second-order valence-electron chi connectivity index (χ2n) is 4.42. The lowest BCUT2D eigenvalue weighted by molar-refractivity contribution is 1.07. The molecule has 0 saturated carbocycles. The van der Waals surface area contributed by atoms with Crippen molar-refractivity contribution in [3.63, 3.8) is 0 Å². The van der Waals surface area contributed by atoms with Crippen molar-refractivity contribution in [3.05, 3.63) is 65.3 Å². The number of aromatic nitrogens is 1. The van der Waals surface area contributed by atoms with Gasteiger partial charge in [0.1, 0.15) is 5.15 Å². The third kappa shape index (κ3) is 2.33. The van der Waals surface area contributed by atoms with Gasteiger partial charge >= 0.3 is 0 Å². The molecule has 3 heteroatoms. The lowest BCUT2D eigenvalue weighted by atomic mass is 10.0. The molecule has 3 aromatic rings. The van der Waals surface area contributed by atoms with E-state index in [0.29, 0.717) is 11.7 Å². The Bertz CT molecular complexity index is 720. The molecule has 1 aromatic heterocycles. The first-order chi connectivity index (χ1) is 9.28. The van der Waals surface area contributed by atoms with Gasteiger partial charge in [0.25, 0.3) is 0 Å². The number of nitrogens with two attached hydrogens (primary N) is 1. The van der Waals surface area contributed by atoms with Gasteiger partial charge in [0.15, 0.2) is 0 Å². The van der Waals surface area contributed by atoms with Crippen LogP contribution in [0.1, 0.15) is 5.56 Å². The Morgan fingerprint density at radius 1 is 1.00 bits per heavy atom. The van der Waals surface area contributed by atoms with Crippen LogP contribution in [0.3, 0.4) is 0 Å². The van der Waals surface area contributed by atoms with E-state index in [9.17, 15) is 0 Å². The lowest BCUT2D eigenvalue weighted by Gasteiger charge is -2.07. The number of benzene rings is 2. The second kappa shape index (κ2) is 5.00. The number of fused-ring (bicyclic) bond motifs is 1. The van der Waals surface area contributed by atoms with Crippen LogP contribution in [0, 0.1) is 0 Å². The standard InChI is InChI=1S/C16H13ClN2/c17-16-14(12-7-5-11(10-18)6-8-12)9-13-3-1-2-4-15(13)19-16/h1-9H,10,18H2. The quantitative estimate of drug-likeness (QED) is 0.713. The molecule has 1 heterocycles. The van der Waals surface area contributed by atoms with Crippen LogP contribution in [0.5, 0.6) is 0 Å². The molecule has 3 rings (SSSR count). The maximum absolute atomic E-state index is 6.28. The van der Waals surface area contributed by atoms with Crippen LogP contribution in [-0.2, 0) is 6.54 Å². The molecule has 0 atom stereocenters. The summed E-state index contributed by atoms with van der Waals surface area (Å²) in [7, 11) is 0. The minimum Gasteiger partial charge on any atom is -0.326 e. The second-order valence-corrected chi connectivity index (χ2v) is 4.78. The zero-order valence-corrected chi connectivity index (χ0v) is 11.1. The van der Waals surface area contributed by atoms with Crippen LogP contribution in [0.2, 0.25) is 5.15 Å². The molecule has 0 amide bonds. The zero-order chi connectivity index (χ0) is 13.2. The maximum Gasteiger partial charge on any atom is 0.137 e. The molecular formula is C16H13ClN2. The van der Waals surface area contributed by atoms with E-state index in [-0.39, 0.29) is 0 Å². The van der Waals surface area contributed by atoms with E-state index in [1.807, 2.05) is 48.5 Å². The van der Waals surface area contributed by atoms with Crippen molar-refractivity contribution in [2.24, 2.45) is 5.73 Å². The molecule has 19 heavy (non-hydrogen) atoms. The Morgan fingerprint density at radius 2 is 1.74 bits per heavy atom. The highest BCUT2D eigenvalue weighted by molar-refractivity contribution is 6.32. The number of hydrogen-bond acceptors (Lipinski definition) is 2. The monoisotopic (exact) mass is 268 g/mol.